The van der Waals surface area contributed by atoms with Gasteiger partial charge in [-0.05, 0) is 32.0 Å². The molecule has 1 aromatic rings. The van der Waals surface area contributed by atoms with Crippen LogP contribution in [-0.2, 0) is 9.53 Å². The Morgan fingerprint density at radius 2 is 1.88 bits per heavy atom. The lowest BCUT2D eigenvalue weighted by Crippen LogP contribution is -2.39. The van der Waals surface area contributed by atoms with E-state index in [9.17, 15) is 9.59 Å². The molecular formula is C16H24ClN5O3. The van der Waals surface area contributed by atoms with Gasteiger partial charge in [0.1, 0.15) is 6.61 Å². The number of urea groups is 1. The molecule has 0 spiro atoms. The first-order valence-corrected chi connectivity index (χ1v) is 8.42. The number of nitrogens with one attached hydrogen (secondary N) is 5. The van der Waals surface area contributed by atoms with Gasteiger partial charge >= 0.3 is 6.03 Å². The van der Waals surface area contributed by atoms with Gasteiger partial charge in [-0.3, -0.25) is 15.6 Å². The van der Waals surface area contributed by atoms with Crippen LogP contribution < -0.4 is 26.8 Å². The van der Waals surface area contributed by atoms with Crippen LogP contribution >= 0.6 is 11.6 Å². The lowest BCUT2D eigenvalue weighted by atomic mass is 9.97. The number of methoxy groups -OCH3 is 1. The minimum Gasteiger partial charge on any atom is -0.375 e. The summed E-state index contributed by atoms with van der Waals surface area (Å²) in [5.41, 5.74) is 7.23. The van der Waals surface area contributed by atoms with E-state index in [-0.39, 0.29) is 36.5 Å². The summed E-state index contributed by atoms with van der Waals surface area (Å²) in [5, 5.41) is 8.59. The maximum atomic E-state index is 12.1. The van der Waals surface area contributed by atoms with Crippen LogP contribution in [-0.4, -0.2) is 44.3 Å². The smallest absolute Gasteiger partial charge is 0.319 e. The van der Waals surface area contributed by atoms with E-state index >= 15 is 0 Å². The lowest BCUT2D eigenvalue weighted by Gasteiger charge is -2.19. The standard InChI is InChI=1S/C16H24ClN5O3/c1-9-12(10(2)22-21-9)7-18-16(24)20-14-6-11(4-5-13(14)17)19-15(23)8-25-3/h4-6,9-10,12,21-22H,7-8H2,1-3H3,(H,19,23)(H2,18,20,24). The third kappa shape index (κ3) is 5.57. The molecule has 138 valence electrons. The van der Waals surface area contributed by atoms with Crippen molar-refractivity contribution >= 4 is 34.9 Å². The predicted octanol–water partition coefficient (Wildman–Crippen LogP) is 1.55. The normalized spacial score (nSPS) is 22.5. The molecule has 0 saturated carbocycles. The Morgan fingerprint density at radius 1 is 1.20 bits per heavy atom. The molecular weight excluding hydrogens is 346 g/mol. The third-order valence-corrected chi connectivity index (χ3v) is 4.42. The van der Waals surface area contributed by atoms with Crippen molar-refractivity contribution in [3.63, 3.8) is 0 Å². The quantitative estimate of drug-likeness (QED) is 0.523. The highest BCUT2D eigenvalue weighted by Gasteiger charge is 2.29. The highest BCUT2D eigenvalue weighted by molar-refractivity contribution is 6.33. The zero-order chi connectivity index (χ0) is 18.4. The first-order valence-electron chi connectivity index (χ1n) is 8.05. The molecule has 1 saturated heterocycles. The second-order valence-electron chi connectivity index (χ2n) is 6.04. The molecule has 3 amide bonds. The molecule has 1 aliphatic heterocycles. The van der Waals surface area contributed by atoms with E-state index in [1.54, 1.807) is 18.2 Å². The predicted molar refractivity (Wildman–Crippen MR) is 97.7 cm³/mol. The van der Waals surface area contributed by atoms with Gasteiger partial charge in [0, 0.05) is 37.3 Å². The fourth-order valence-electron chi connectivity index (χ4n) is 2.67. The second kappa shape index (κ2) is 9.00. The second-order valence-corrected chi connectivity index (χ2v) is 6.45. The Hall–Kier alpha value is -1.87. The van der Waals surface area contributed by atoms with Crippen molar-refractivity contribution in [1.29, 1.82) is 0 Å². The van der Waals surface area contributed by atoms with Crippen molar-refractivity contribution < 1.29 is 14.3 Å². The number of ether oxygens (including phenoxy) is 1. The van der Waals surface area contributed by atoms with Crippen molar-refractivity contribution in [2.45, 2.75) is 25.9 Å². The van der Waals surface area contributed by atoms with E-state index < -0.39 is 0 Å². The SMILES string of the molecule is COCC(=O)Nc1ccc(Cl)c(NC(=O)NCC2C(C)NNC2C)c1. The van der Waals surface area contributed by atoms with Crippen molar-refractivity contribution in [3.8, 4) is 0 Å². The molecule has 1 heterocycles. The van der Waals surface area contributed by atoms with Gasteiger partial charge in [-0.25, -0.2) is 4.79 Å². The number of halogens is 1. The van der Waals surface area contributed by atoms with Crippen LogP contribution in [0.3, 0.4) is 0 Å². The van der Waals surface area contributed by atoms with Crippen LogP contribution in [0.5, 0.6) is 0 Å². The molecule has 1 aliphatic rings. The van der Waals surface area contributed by atoms with Crippen LogP contribution in [0.25, 0.3) is 0 Å². The largest absolute Gasteiger partial charge is 0.375 e. The number of rotatable bonds is 6. The van der Waals surface area contributed by atoms with Crippen LogP contribution in [0, 0.1) is 5.92 Å². The summed E-state index contributed by atoms with van der Waals surface area (Å²) in [7, 11) is 1.44. The summed E-state index contributed by atoms with van der Waals surface area (Å²) in [6, 6.07) is 5.02. The average Bonchev–Trinajstić information content (AvgIpc) is 2.87. The van der Waals surface area contributed by atoms with Gasteiger partial charge in [0.05, 0.1) is 10.7 Å². The minimum absolute atomic E-state index is 0.0499. The molecule has 2 atom stereocenters. The van der Waals surface area contributed by atoms with Crippen LogP contribution in [0.15, 0.2) is 18.2 Å². The van der Waals surface area contributed by atoms with E-state index in [1.165, 1.54) is 7.11 Å². The third-order valence-electron chi connectivity index (χ3n) is 4.10. The molecule has 0 aliphatic carbocycles. The monoisotopic (exact) mass is 369 g/mol. The highest BCUT2D eigenvalue weighted by Crippen LogP contribution is 2.25. The molecule has 9 heteroatoms. The first-order chi connectivity index (χ1) is 11.9. The summed E-state index contributed by atoms with van der Waals surface area (Å²) in [5.74, 6) is -0.00896. The van der Waals surface area contributed by atoms with E-state index in [1.807, 2.05) is 0 Å². The Balaban J connectivity index is 1.92. The maximum absolute atomic E-state index is 12.1. The molecule has 1 aromatic carbocycles. The van der Waals surface area contributed by atoms with E-state index in [2.05, 4.69) is 40.6 Å². The van der Waals surface area contributed by atoms with Crippen LogP contribution in [0.4, 0.5) is 16.2 Å². The Morgan fingerprint density at radius 3 is 2.52 bits per heavy atom. The molecule has 25 heavy (non-hydrogen) atoms. The first kappa shape index (κ1) is 19.5. The van der Waals surface area contributed by atoms with E-state index in [0.29, 0.717) is 22.9 Å². The van der Waals surface area contributed by atoms with Crippen LogP contribution in [0.1, 0.15) is 13.8 Å². The number of carbonyl (C=O) groups excluding carboxylic acids is 2. The number of benzene rings is 1. The lowest BCUT2D eigenvalue weighted by molar-refractivity contribution is -0.119. The minimum atomic E-state index is -0.353. The summed E-state index contributed by atoms with van der Waals surface area (Å²) >= 11 is 6.11. The Bertz CT molecular complexity index is 618. The molecule has 2 unspecified atom stereocenters. The Labute approximate surface area is 152 Å². The number of carbonyl (C=O) groups is 2. The molecule has 1 fully saturated rings. The molecule has 0 bridgehead atoms. The molecule has 2 rings (SSSR count). The summed E-state index contributed by atoms with van der Waals surface area (Å²) < 4.78 is 4.76. The molecule has 0 radical (unpaired) electrons. The van der Waals surface area contributed by atoms with Crippen molar-refractivity contribution in [2.75, 3.05) is 30.9 Å². The Kier molecular flexibility index (Phi) is 7.01. The average molecular weight is 370 g/mol. The summed E-state index contributed by atoms with van der Waals surface area (Å²) in [4.78, 5) is 23.7. The highest BCUT2D eigenvalue weighted by atomic mass is 35.5. The fourth-order valence-corrected chi connectivity index (χ4v) is 2.83. The van der Waals surface area contributed by atoms with Gasteiger partial charge in [-0.1, -0.05) is 11.6 Å². The molecule has 8 nitrogen and oxygen atoms in total. The van der Waals surface area contributed by atoms with Gasteiger partial charge in [-0.2, -0.15) is 0 Å². The summed E-state index contributed by atoms with van der Waals surface area (Å²) in [6.07, 6.45) is 0. The van der Waals surface area contributed by atoms with Crippen molar-refractivity contribution in [3.05, 3.63) is 23.2 Å². The summed E-state index contributed by atoms with van der Waals surface area (Å²) in [6.45, 7) is 4.59. The van der Waals surface area contributed by atoms with E-state index in [0.717, 1.165) is 0 Å². The number of hydrazine groups is 1. The maximum Gasteiger partial charge on any atom is 0.319 e. The van der Waals surface area contributed by atoms with Crippen LogP contribution in [0.2, 0.25) is 5.02 Å². The number of anilines is 2. The zero-order valence-corrected chi connectivity index (χ0v) is 15.2. The van der Waals surface area contributed by atoms with Gasteiger partial charge in [0.25, 0.3) is 0 Å². The fraction of sp³-hybridized carbons (Fsp3) is 0.500. The van der Waals surface area contributed by atoms with Crippen molar-refractivity contribution in [1.82, 2.24) is 16.2 Å². The number of amides is 3. The van der Waals surface area contributed by atoms with Gasteiger partial charge in [0.2, 0.25) is 5.91 Å². The van der Waals surface area contributed by atoms with Gasteiger partial charge in [-0.15, -0.1) is 0 Å². The number of hydrogen-bond donors (Lipinski definition) is 5. The zero-order valence-electron chi connectivity index (χ0n) is 14.5. The van der Waals surface area contributed by atoms with E-state index in [4.69, 9.17) is 16.3 Å². The molecule has 0 aromatic heterocycles. The molecule has 5 N–H and O–H groups in total. The topological polar surface area (TPSA) is 104 Å². The van der Waals surface area contributed by atoms with Gasteiger partial charge in [0.15, 0.2) is 0 Å². The van der Waals surface area contributed by atoms with Crippen molar-refractivity contribution in [2.24, 2.45) is 5.92 Å². The number of hydrogen-bond acceptors (Lipinski definition) is 5. The van der Waals surface area contributed by atoms with Gasteiger partial charge < -0.3 is 20.7 Å².